The number of carbonyl (C=O) groups is 2. The fourth-order valence-electron chi connectivity index (χ4n) is 3.76. The molecule has 2 atom stereocenters. The standard InChI is InChI=1S/C15H17NO3/c1-14(2)10-5-6-15(14,12(17)8-10)13(18)19-11-4-3-7-16-9-11/h3-4,7,9-10H,5-6,8H2,1-2H3. The number of hydrogen-bond acceptors (Lipinski definition) is 4. The lowest BCUT2D eigenvalue weighted by molar-refractivity contribution is -0.156. The quantitative estimate of drug-likeness (QED) is 0.604. The van der Waals surface area contributed by atoms with Crippen LogP contribution in [0, 0.1) is 16.7 Å². The summed E-state index contributed by atoms with van der Waals surface area (Å²) in [6, 6.07) is 3.39. The molecule has 3 rings (SSSR count). The minimum Gasteiger partial charge on any atom is -0.424 e. The highest BCUT2D eigenvalue weighted by atomic mass is 16.5. The van der Waals surface area contributed by atoms with Crippen LogP contribution in [0.25, 0.3) is 0 Å². The van der Waals surface area contributed by atoms with Gasteiger partial charge in [-0.1, -0.05) is 13.8 Å². The second-order valence-electron chi connectivity index (χ2n) is 6.07. The van der Waals surface area contributed by atoms with E-state index in [9.17, 15) is 9.59 Å². The first kappa shape index (κ1) is 12.3. The lowest BCUT2D eigenvalue weighted by atomic mass is 9.69. The molecule has 2 aliphatic carbocycles. The van der Waals surface area contributed by atoms with Crippen LogP contribution in [0.5, 0.6) is 5.75 Å². The van der Waals surface area contributed by atoms with E-state index in [-0.39, 0.29) is 11.2 Å². The summed E-state index contributed by atoms with van der Waals surface area (Å²) in [6.07, 6.45) is 5.16. The molecule has 0 amide bonds. The van der Waals surface area contributed by atoms with Crippen LogP contribution < -0.4 is 4.74 Å². The minimum atomic E-state index is -0.951. The lowest BCUT2D eigenvalue weighted by Crippen LogP contribution is -2.45. The predicted octanol–water partition coefficient (Wildman–Crippen LogP) is 2.38. The maximum absolute atomic E-state index is 12.5. The Balaban J connectivity index is 1.92. The largest absolute Gasteiger partial charge is 0.424 e. The van der Waals surface area contributed by atoms with E-state index >= 15 is 0 Å². The molecule has 0 aromatic carbocycles. The van der Waals surface area contributed by atoms with Gasteiger partial charge in [-0.3, -0.25) is 14.6 Å². The molecule has 2 aliphatic rings. The smallest absolute Gasteiger partial charge is 0.325 e. The van der Waals surface area contributed by atoms with Gasteiger partial charge in [0.1, 0.15) is 11.2 Å². The Labute approximate surface area is 112 Å². The number of nitrogens with zero attached hydrogens (tertiary/aromatic N) is 1. The summed E-state index contributed by atoms with van der Waals surface area (Å²) < 4.78 is 5.40. The molecule has 2 bridgehead atoms. The summed E-state index contributed by atoms with van der Waals surface area (Å²) in [6.45, 7) is 4.03. The van der Waals surface area contributed by atoms with Crippen LogP contribution >= 0.6 is 0 Å². The van der Waals surface area contributed by atoms with E-state index in [2.05, 4.69) is 4.98 Å². The number of ketones is 1. The van der Waals surface area contributed by atoms with Gasteiger partial charge in [0.05, 0.1) is 6.20 Å². The SMILES string of the molecule is CC1(C)C2CCC1(C(=O)Oc1cccnc1)C(=O)C2. The molecule has 1 aromatic heterocycles. The zero-order valence-corrected chi connectivity index (χ0v) is 11.2. The van der Waals surface area contributed by atoms with Crippen molar-refractivity contribution in [3.63, 3.8) is 0 Å². The number of fused-ring (bicyclic) bond motifs is 2. The van der Waals surface area contributed by atoms with Crippen molar-refractivity contribution in [2.24, 2.45) is 16.7 Å². The molecular formula is C15H17NO3. The highest BCUT2D eigenvalue weighted by Gasteiger charge is 2.69. The van der Waals surface area contributed by atoms with Crippen LogP contribution in [0.2, 0.25) is 0 Å². The molecule has 4 heteroatoms. The molecular weight excluding hydrogens is 242 g/mol. The van der Waals surface area contributed by atoms with E-state index in [0.717, 1.165) is 6.42 Å². The maximum atomic E-state index is 12.5. The molecule has 1 heterocycles. The van der Waals surface area contributed by atoms with Crippen LogP contribution in [0.3, 0.4) is 0 Å². The van der Waals surface area contributed by atoms with E-state index < -0.39 is 11.4 Å². The van der Waals surface area contributed by atoms with Crippen LogP contribution in [0.15, 0.2) is 24.5 Å². The number of aromatic nitrogens is 1. The molecule has 100 valence electrons. The van der Waals surface area contributed by atoms with E-state index in [1.54, 1.807) is 18.3 Å². The highest BCUT2D eigenvalue weighted by molar-refractivity contribution is 6.08. The number of Topliss-reactive ketones (excluding diaryl/α,β-unsaturated/α-hetero) is 1. The zero-order valence-electron chi connectivity index (χ0n) is 11.2. The average molecular weight is 259 g/mol. The third kappa shape index (κ3) is 1.49. The van der Waals surface area contributed by atoms with Crippen LogP contribution in [0.1, 0.15) is 33.1 Å². The average Bonchev–Trinajstić information content (AvgIpc) is 2.74. The van der Waals surface area contributed by atoms with Gasteiger partial charge in [-0.15, -0.1) is 0 Å². The van der Waals surface area contributed by atoms with Gasteiger partial charge in [-0.2, -0.15) is 0 Å². The topological polar surface area (TPSA) is 56.3 Å². The van der Waals surface area contributed by atoms with Crippen LogP contribution in [0.4, 0.5) is 0 Å². The van der Waals surface area contributed by atoms with Gasteiger partial charge in [0.15, 0.2) is 5.78 Å². The summed E-state index contributed by atoms with van der Waals surface area (Å²) in [7, 11) is 0. The molecule has 4 nitrogen and oxygen atoms in total. The van der Waals surface area contributed by atoms with E-state index in [1.165, 1.54) is 6.20 Å². The van der Waals surface area contributed by atoms with E-state index in [1.807, 2.05) is 13.8 Å². The zero-order chi connectivity index (χ0) is 13.7. The molecule has 0 saturated heterocycles. The van der Waals surface area contributed by atoms with Crippen LogP contribution in [-0.4, -0.2) is 16.7 Å². The Morgan fingerprint density at radius 2 is 2.26 bits per heavy atom. The highest BCUT2D eigenvalue weighted by Crippen LogP contribution is 2.64. The van der Waals surface area contributed by atoms with Crippen molar-refractivity contribution < 1.29 is 14.3 Å². The molecule has 2 saturated carbocycles. The molecule has 0 N–H and O–H groups in total. The summed E-state index contributed by atoms with van der Waals surface area (Å²) in [4.78, 5) is 28.8. The van der Waals surface area contributed by atoms with E-state index in [0.29, 0.717) is 24.5 Å². The first-order valence-electron chi connectivity index (χ1n) is 6.64. The van der Waals surface area contributed by atoms with Gasteiger partial charge < -0.3 is 4.74 Å². The number of esters is 1. The van der Waals surface area contributed by atoms with Crippen molar-refractivity contribution in [1.29, 1.82) is 0 Å². The number of hydrogen-bond donors (Lipinski definition) is 0. The van der Waals surface area contributed by atoms with Crippen molar-refractivity contribution in [2.75, 3.05) is 0 Å². The fourth-order valence-corrected chi connectivity index (χ4v) is 3.76. The Kier molecular flexibility index (Phi) is 2.52. The maximum Gasteiger partial charge on any atom is 0.325 e. The van der Waals surface area contributed by atoms with Gasteiger partial charge >= 0.3 is 5.97 Å². The monoisotopic (exact) mass is 259 g/mol. The van der Waals surface area contributed by atoms with Crippen molar-refractivity contribution in [1.82, 2.24) is 4.98 Å². The van der Waals surface area contributed by atoms with Crippen molar-refractivity contribution in [3.05, 3.63) is 24.5 Å². The molecule has 0 spiro atoms. The molecule has 1 aromatic rings. The summed E-state index contributed by atoms with van der Waals surface area (Å²) in [5, 5.41) is 0. The van der Waals surface area contributed by atoms with Crippen molar-refractivity contribution in [2.45, 2.75) is 33.1 Å². The second kappa shape index (κ2) is 3.89. The fraction of sp³-hybridized carbons (Fsp3) is 0.533. The lowest BCUT2D eigenvalue weighted by Gasteiger charge is -2.33. The van der Waals surface area contributed by atoms with Crippen molar-refractivity contribution >= 4 is 11.8 Å². The van der Waals surface area contributed by atoms with Gasteiger partial charge in [0.25, 0.3) is 0 Å². The Bertz CT molecular complexity index is 538. The normalized spacial score (nSPS) is 31.5. The first-order valence-corrected chi connectivity index (χ1v) is 6.64. The third-order valence-corrected chi connectivity index (χ3v) is 5.09. The Hall–Kier alpha value is -1.71. The number of rotatable bonds is 2. The molecule has 0 aliphatic heterocycles. The van der Waals surface area contributed by atoms with Crippen LogP contribution in [-0.2, 0) is 9.59 Å². The second-order valence-corrected chi connectivity index (χ2v) is 6.07. The van der Waals surface area contributed by atoms with Gasteiger partial charge in [-0.25, -0.2) is 0 Å². The minimum absolute atomic E-state index is 0.0441. The summed E-state index contributed by atoms with van der Waals surface area (Å²) >= 11 is 0. The van der Waals surface area contributed by atoms with Gasteiger partial charge in [0.2, 0.25) is 0 Å². The number of pyridine rings is 1. The Morgan fingerprint density at radius 1 is 1.47 bits per heavy atom. The van der Waals surface area contributed by atoms with E-state index in [4.69, 9.17) is 4.74 Å². The van der Waals surface area contributed by atoms with Gasteiger partial charge in [-0.05, 0) is 36.3 Å². The summed E-state index contributed by atoms with van der Waals surface area (Å²) in [5.41, 5.74) is -1.25. The third-order valence-electron chi connectivity index (χ3n) is 5.09. The molecule has 19 heavy (non-hydrogen) atoms. The Morgan fingerprint density at radius 3 is 2.79 bits per heavy atom. The molecule has 0 radical (unpaired) electrons. The molecule has 2 unspecified atom stereocenters. The molecule has 2 fully saturated rings. The number of ether oxygens (including phenoxy) is 1. The van der Waals surface area contributed by atoms with Crippen molar-refractivity contribution in [3.8, 4) is 5.75 Å². The number of carbonyl (C=O) groups excluding carboxylic acids is 2. The first-order chi connectivity index (χ1) is 8.98. The summed E-state index contributed by atoms with van der Waals surface area (Å²) in [5.74, 6) is 0.348. The predicted molar refractivity (Wildman–Crippen MR) is 68.4 cm³/mol. The van der Waals surface area contributed by atoms with Gasteiger partial charge in [0, 0.05) is 12.6 Å².